The summed E-state index contributed by atoms with van der Waals surface area (Å²) in [5.74, 6) is -0.440. The van der Waals surface area contributed by atoms with Gasteiger partial charge in [-0.05, 0) is 12.1 Å². The first-order valence-electron chi connectivity index (χ1n) is 2.62. The van der Waals surface area contributed by atoms with E-state index in [0.717, 1.165) is 0 Å². The van der Waals surface area contributed by atoms with E-state index in [-0.39, 0.29) is 0 Å². The number of aromatic nitrogens is 1. The average Bonchev–Trinajstić information content (AvgIpc) is 2.05. The predicted molar refractivity (Wildman–Crippen MR) is 35.4 cm³/mol. The number of nitrogens with zero attached hydrogens (tertiary/aromatic N) is 1. The number of rotatable bonds is 1. The minimum absolute atomic E-state index is 0.428. The first kappa shape index (κ1) is 6.95. The molecule has 0 aliphatic rings. The number of hydrogen-bond acceptors (Lipinski definition) is 3. The molecule has 0 atom stereocenters. The van der Waals surface area contributed by atoms with Crippen molar-refractivity contribution in [3.8, 4) is 0 Å². The molecular weight excluding hydrogens is 146 g/mol. The van der Waals surface area contributed by atoms with Gasteiger partial charge in [-0.15, -0.1) is 0 Å². The molecule has 1 aromatic heterocycles. The summed E-state index contributed by atoms with van der Waals surface area (Å²) in [6, 6.07) is 3.29. The van der Waals surface area contributed by atoms with Crippen molar-refractivity contribution in [3.05, 3.63) is 30.1 Å². The highest BCUT2D eigenvalue weighted by Crippen LogP contribution is 1.95. The molecule has 0 bridgehead atoms. The summed E-state index contributed by atoms with van der Waals surface area (Å²) in [6.07, 6.45) is 3.02. The van der Waals surface area contributed by atoms with Crippen molar-refractivity contribution in [1.29, 1.82) is 0 Å². The second-order valence-corrected chi connectivity index (χ2v) is 1.84. The largest absolute Gasteiger partial charge is 0.513 e. The van der Waals surface area contributed by atoms with Gasteiger partial charge in [0.25, 0.3) is 0 Å². The smallest absolute Gasteiger partial charge is 0.345 e. The molecule has 0 spiro atoms. The molecule has 0 saturated heterocycles. The fraction of sp³-hybridized carbons (Fsp3) is 0. The Labute approximate surface area is 61.6 Å². The summed E-state index contributed by atoms with van der Waals surface area (Å²) in [5.41, 5.74) is 0.428. The van der Waals surface area contributed by atoms with E-state index in [1.165, 1.54) is 6.20 Å². The third-order valence-corrected chi connectivity index (χ3v) is 1.18. The molecule has 0 amide bonds. The van der Waals surface area contributed by atoms with Gasteiger partial charge in [0.05, 0.1) is 5.56 Å². The summed E-state index contributed by atoms with van der Waals surface area (Å²) in [7, 11) is 2.62. The Morgan fingerprint density at radius 3 is 3.00 bits per heavy atom. The van der Waals surface area contributed by atoms with E-state index < -0.39 is 5.97 Å². The van der Waals surface area contributed by atoms with Crippen LogP contribution in [0.1, 0.15) is 10.4 Å². The topological polar surface area (TPSA) is 39.2 Å². The van der Waals surface area contributed by atoms with E-state index in [9.17, 15) is 4.79 Å². The Balaban J connectivity index is 2.85. The minimum atomic E-state index is -0.440. The number of hydrogen-bond donors (Lipinski definition) is 0. The first-order valence-corrected chi connectivity index (χ1v) is 3.03. The SMILES string of the molecule is O=C(O[Si])c1cccnc1. The maximum atomic E-state index is 10.7. The van der Waals surface area contributed by atoms with Crippen LogP contribution in [0, 0.1) is 0 Å². The molecule has 3 nitrogen and oxygen atoms in total. The van der Waals surface area contributed by atoms with Crippen molar-refractivity contribution in [2.45, 2.75) is 0 Å². The van der Waals surface area contributed by atoms with Crippen LogP contribution in [0.4, 0.5) is 0 Å². The molecule has 10 heavy (non-hydrogen) atoms. The van der Waals surface area contributed by atoms with Crippen molar-refractivity contribution >= 4 is 16.5 Å². The Bertz CT molecular complexity index is 224. The van der Waals surface area contributed by atoms with Gasteiger partial charge in [0.15, 0.2) is 0 Å². The zero-order valence-electron chi connectivity index (χ0n) is 5.07. The van der Waals surface area contributed by atoms with Gasteiger partial charge < -0.3 is 4.43 Å². The molecule has 49 valence electrons. The van der Waals surface area contributed by atoms with Crippen LogP contribution in [0.2, 0.25) is 0 Å². The molecule has 0 aromatic carbocycles. The number of carbonyl (C=O) groups excluding carboxylic acids is 1. The first-order chi connectivity index (χ1) is 4.84. The molecular formula is C6H4NO2Si. The van der Waals surface area contributed by atoms with Crippen molar-refractivity contribution in [1.82, 2.24) is 4.98 Å². The molecule has 4 heteroatoms. The second kappa shape index (κ2) is 3.12. The van der Waals surface area contributed by atoms with Crippen LogP contribution in [0.25, 0.3) is 0 Å². The predicted octanol–water partition coefficient (Wildman–Crippen LogP) is 0.322. The molecule has 0 aliphatic carbocycles. The fourth-order valence-corrected chi connectivity index (χ4v) is 0.660. The van der Waals surface area contributed by atoms with Gasteiger partial charge in [-0.1, -0.05) is 0 Å². The highest BCUT2D eigenvalue weighted by molar-refractivity contribution is 6.09. The maximum absolute atomic E-state index is 10.7. The van der Waals surface area contributed by atoms with E-state index >= 15 is 0 Å². The van der Waals surface area contributed by atoms with E-state index in [1.54, 1.807) is 18.3 Å². The van der Waals surface area contributed by atoms with Crippen LogP contribution in [0.15, 0.2) is 24.5 Å². The Morgan fingerprint density at radius 1 is 1.70 bits per heavy atom. The summed E-state index contributed by atoms with van der Waals surface area (Å²) in [6.45, 7) is 0. The molecule has 0 fully saturated rings. The van der Waals surface area contributed by atoms with E-state index in [0.29, 0.717) is 5.56 Å². The molecule has 1 rings (SSSR count). The molecule has 0 aliphatic heterocycles. The van der Waals surface area contributed by atoms with Crippen molar-refractivity contribution < 1.29 is 9.22 Å². The Morgan fingerprint density at radius 2 is 2.50 bits per heavy atom. The molecule has 0 unspecified atom stereocenters. The number of pyridine rings is 1. The van der Waals surface area contributed by atoms with Crippen molar-refractivity contribution in [2.75, 3.05) is 0 Å². The van der Waals surface area contributed by atoms with Gasteiger partial charge in [0, 0.05) is 12.4 Å². The minimum Gasteiger partial charge on any atom is -0.513 e. The monoisotopic (exact) mass is 150 g/mol. The van der Waals surface area contributed by atoms with Crippen LogP contribution in [0.5, 0.6) is 0 Å². The molecule has 0 N–H and O–H groups in total. The standard InChI is InChI=1S/C6H4NO2Si/c8-6(9-10)5-2-1-3-7-4-5/h1-4H. The van der Waals surface area contributed by atoms with Gasteiger partial charge in [-0.3, -0.25) is 4.98 Å². The summed E-state index contributed by atoms with van der Waals surface area (Å²) in [4.78, 5) is 14.4. The highest BCUT2D eigenvalue weighted by Gasteiger charge is 2.01. The lowest BCUT2D eigenvalue weighted by Gasteiger charge is -1.94. The van der Waals surface area contributed by atoms with E-state index in [2.05, 4.69) is 19.9 Å². The average molecular weight is 150 g/mol. The summed E-state index contributed by atoms with van der Waals surface area (Å²) < 4.78 is 4.26. The third-order valence-electron chi connectivity index (χ3n) is 0.990. The normalized spacial score (nSPS) is 8.90. The molecule has 3 radical (unpaired) electrons. The van der Waals surface area contributed by atoms with Gasteiger partial charge in [0.1, 0.15) is 0 Å². The van der Waals surface area contributed by atoms with Gasteiger partial charge in [0.2, 0.25) is 0 Å². The van der Waals surface area contributed by atoms with Crippen LogP contribution < -0.4 is 0 Å². The summed E-state index contributed by atoms with van der Waals surface area (Å²) >= 11 is 0. The number of carbonyl (C=O) groups is 1. The van der Waals surface area contributed by atoms with Crippen molar-refractivity contribution in [2.24, 2.45) is 0 Å². The van der Waals surface area contributed by atoms with Crippen LogP contribution in [0.3, 0.4) is 0 Å². The third kappa shape index (κ3) is 1.41. The second-order valence-electron chi connectivity index (χ2n) is 1.63. The highest BCUT2D eigenvalue weighted by atomic mass is 28.2. The zero-order chi connectivity index (χ0) is 7.40. The van der Waals surface area contributed by atoms with Crippen LogP contribution in [-0.4, -0.2) is 21.4 Å². The van der Waals surface area contributed by atoms with Crippen LogP contribution >= 0.6 is 0 Å². The fourth-order valence-electron chi connectivity index (χ4n) is 0.542. The Hall–Kier alpha value is -1.16. The van der Waals surface area contributed by atoms with Gasteiger partial charge >= 0.3 is 16.5 Å². The lowest BCUT2D eigenvalue weighted by atomic mass is 10.3. The summed E-state index contributed by atoms with van der Waals surface area (Å²) in [5, 5.41) is 0. The lowest BCUT2D eigenvalue weighted by Crippen LogP contribution is -2.01. The van der Waals surface area contributed by atoms with E-state index in [4.69, 9.17) is 0 Å². The van der Waals surface area contributed by atoms with Crippen LogP contribution in [-0.2, 0) is 4.43 Å². The zero-order valence-corrected chi connectivity index (χ0v) is 6.07. The van der Waals surface area contributed by atoms with Gasteiger partial charge in [-0.25, -0.2) is 4.79 Å². The maximum Gasteiger partial charge on any atom is 0.345 e. The molecule has 0 saturated carbocycles. The lowest BCUT2D eigenvalue weighted by molar-refractivity contribution is 0.0749. The van der Waals surface area contributed by atoms with Gasteiger partial charge in [-0.2, -0.15) is 0 Å². The molecule has 1 heterocycles. The van der Waals surface area contributed by atoms with E-state index in [1.807, 2.05) is 0 Å². The van der Waals surface area contributed by atoms with Crippen molar-refractivity contribution in [3.63, 3.8) is 0 Å². The quantitative estimate of drug-likeness (QED) is 0.541. The molecule has 1 aromatic rings. The Kier molecular flexibility index (Phi) is 2.17.